The van der Waals surface area contributed by atoms with Gasteiger partial charge in [-0.25, -0.2) is 5.43 Å². The molecular formula is C29H24ClN5O5. The Morgan fingerprint density at radius 3 is 2.45 bits per heavy atom. The van der Waals surface area contributed by atoms with Crippen molar-refractivity contribution in [2.45, 2.75) is 0 Å². The van der Waals surface area contributed by atoms with E-state index in [1.165, 1.54) is 24.4 Å². The van der Waals surface area contributed by atoms with E-state index in [0.29, 0.717) is 22.6 Å². The number of nitro benzene ring substituents is 1. The fourth-order valence-electron chi connectivity index (χ4n) is 3.59. The first-order valence-electron chi connectivity index (χ1n) is 11.9. The first kappa shape index (κ1) is 27.8. The number of furan rings is 1. The van der Waals surface area contributed by atoms with Gasteiger partial charge in [-0.3, -0.25) is 19.7 Å². The van der Waals surface area contributed by atoms with Crippen LogP contribution in [-0.4, -0.2) is 37.0 Å². The molecule has 0 unspecified atom stereocenters. The largest absolute Gasteiger partial charge is 0.455 e. The number of non-ortho nitro benzene ring substituents is 1. The summed E-state index contributed by atoms with van der Waals surface area (Å²) in [5.41, 5.74) is 4.63. The first-order chi connectivity index (χ1) is 19.2. The van der Waals surface area contributed by atoms with Crippen molar-refractivity contribution in [2.75, 3.05) is 19.0 Å². The van der Waals surface area contributed by atoms with Crippen LogP contribution in [0.2, 0.25) is 5.02 Å². The van der Waals surface area contributed by atoms with Gasteiger partial charge in [0.15, 0.2) is 0 Å². The monoisotopic (exact) mass is 557 g/mol. The highest BCUT2D eigenvalue weighted by Gasteiger charge is 2.17. The zero-order valence-electron chi connectivity index (χ0n) is 21.5. The van der Waals surface area contributed by atoms with Crippen molar-refractivity contribution in [2.24, 2.45) is 5.10 Å². The van der Waals surface area contributed by atoms with Crippen molar-refractivity contribution in [1.82, 2.24) is 10.7 Å². The lowest BCUT2D eigenvalue weighted by molar-refractivity contribution is -0.384. The highest BCUT2D eigenvalue weighted by atomic mass is 35.5. The Kier molecular flexibility index (Phi) is 8.72. The van der Waals surface area contributed by atoms with Gasteiger partial charge >= 0.3 is 0 Å². The maximum absolute atomic E-state index is 13.0. The molecule has 2 amide bonds. The van der Waals surface area contributed by atoms with Gasteiger partial charge in [0.1, 0.15) is 17.2 Å². The number of halogens is 1. The predicted octanol–water partition coefficient (Wildman–Crippen LogP) is 5.50. The number of nitro groups is 1. The van der Waals surface area contributed by atoms with E-state index in [4.69, 9.17) is 16.0 Å². The van der Waals surface area contributed by atoms with Gasteiger partial charge in [0.25, 0.3) is 17.5 Å². The molecule has 0 spiro atoms. The molecule has 4 aromatic rings. The van der Waals surface area contributed by atoms with Gasteiger partial charge in [-0.1, -0.05) is 48.0 Å². The second-order valence-electron chi connectivity index (χ2n) is 8.69. The number of hydrogen-bond acceptors (Lipinski definition) is 7. The molecule has 0 aliphatic heterocycles. The topological polar surface area (TPSA) is 130 Å². The number of hydrogen-bond donors (Lipinski definition) is 2. The second kappa shape index (κ2) is 12.5. The number of carbonyl (C=O) groups excluding carboxylic acids is 2. The maximum Gasteiger partial charge on any atom is 0.287 e. The highest BCUT2D eigenvalue weighted by Crippen LogP contribution is 2.25. The number of nitrogens with one attached hydrogen (secondary N) is 2. The minimum absolute atomic E-state index is 0.0589. The Morgan fingerprint density at radius 1 is 1.00 bits per heavy atom. The van der Waals surface area contributed by atoms with Crippen LogP contribution in [0.4, 0.5) is 11.4 Å². The Morgan fingerprint density at radius 2 is 1.75 bits per heavy atom. The summed E-state index contributed by atoms with van der Waals surface area (Å²) in [6.45, 7) is 0. The van der Waals surface area contributed by atoms with Crippen molar-refractivity contribution >= 4 is 47.1 Å². The van der Waals surface area contributed by atoms with Crippen LogP contribution in [0.3, 0.4) is 0 Å². The number of nitrogens with zero attached hydrogens (tertiary/aromatic N) is 3. The van der Waals surface area contributed by atoms with E-state index in [1.807, 2.05) is 43.3 Å². The molecular weight excluding hydrogens is 534 g/mol. The summed E-state index contributed by atoms with van der Waals surface area (Å²) in [5, 5.41) is 17.8. The summed E-state index contributed by atoms with van der Waals surface area (Å²) < 4.78 is 5.68. The van der Waals surface area contributed by atoms with Gasteiger partial charge in [0, 0.05) is 37.5 Å². The normalized spacial score (nSPS) is 11.3. The van der Waals surface area contributed by atoms with Crippen molar-refractivity contribution < 1.29 is 18.9 Å². The molecule has 0 saturated carbocycles. The molecule has 40 heavy (non-hydrogen) atoms. The van der Waals surface area contributed by atoms with E-state index in [2.05, 4.69) is 15.8 Å². The van der Waals surface area contributed by atoms with Crippen LogP contribution in [0.15, 0.2) is 100 Å². The summed E-state index contributed by atoms with van der Waals surface area (Å²) >= 11 is 6.16. The third kappa shape index (κ3) is 7.00. The van der Waals surface area contributed by atoms with E-state index in [-0.39, 0.29) is 22.0 Å². The fourth-order valence-corrected chi connectivity index (χ4v) is 3.82. The molecule has 0 saturated heterocycles. The zero-order chi connectivity index (χ0) is 28.6. The van der Waals surface area contributed by atoms with Crippen LogP contribution in [-0.2, 0) is 4.79 Å². The number of anilines is 1. The third-order valence-corrected chi connectivity index (χ3v) is 5.99. The fraction of sp³-hybridized carbons (Fsp3) is 0.0690. The zero-order valence-corrected chi connectivity index (χ0v) is 22.3. The highest BCUT2D eigenvalue weighted by molar-refractivity contribution is 6.34. The molecule has 11 heteroatoms. The van der Waals surface area contributed by atoms with Gasteiger partial charge in [-0.15, -0.1) is 0 Å². The Labute approximate surface area is 234 Å². The van der Waals surface area contributed by atoms with Crippen LogP contribution in [0.25, 0.3) is 17.4 Å². The molecule has 0 atom stereocenters. The van der Waals surface area contributed by atoms with E-state index < -0.39 is 16.7 Å². The molecule has 10 nitrogen and oxygen atoms in total. The first-order valence-corrected chi connectivity index (χ1v) is 12.3. The average molecular weight is 558 g/mol. The summed E-state index contributed by atoms with van der Waals surface area (Å²) in [6.07, 6.45) is 2.80. The third-order valence-electron chi connectivity index (χ3n) is 5.66. The summed E-state index contributed by atoms with van der Waals surface area (Å²) in [5.74, 6) is -0.552. The molecule has 0 fully saturated rings. The minimum Gasteiger partial charge on any atom is -0.455 e. The standard InChI is InChI=1S/C29H24ClN5O5/c1-34(2)21-12-10-19(11-13-21)16-26(32-28(36)24-8-3-4-9-25(24)30)29(37)33-31-18-23-14-15-27(40-23)20-6-5-7-22(17-20)35(38)39/h3-18H,1-2H3,(H,32,36)(H,33,37)/b26-16+,31-18+. The van der Waals surface area contributed by atoms with E-state index in [0.717, 1.165) is 5.69 Å². The van der Waals surface area contributed by atoms with Crippen molar-refractivity contribution in [3.63, 3.8) is 0 Å². The second-order valence-corrected chi connectivity index (χ2v) is 9.09. The smallest absolute Gasteiger partial charge is 0.287 e. The van der Waals surface area contributed by atoms with Crippen LogP contribution in [0.1, 0.15) is 21.7 Å². The van der Waals surface area contributed by atoms with Gasteiger partial charge in [-0.2, -0.15) is 5.10 Å². The number of benzene rings is 3. The quantitative estimate of drug-likeness (QED) is 0.121. The summed E-state index contributed by atoms with van der Waals surface area (Å²) in [6, 6.07) is 23.1. The lowest BCUT2D eigenvalue weighted by Gasteiger charge is -2.13. The van der Waals surface area contributed by atoms with Crippen LogP contribution in [0.5, 0.6) is 0 Å². The lowest BCUT2D eigenvalue weighted by Crippen LogP contribution is -2.33. The van der Waals surface area contributed by atoms with Crippen LogP contribution in [0, 0.1) is 10.1 Å². The molecule has 3 aromatic carbocycles. The SMILES string of the molecule is CN(C)c1ccc(/C=C(/NC(=O)c2ccccc2Cl)C(=O)N/N=C/c2ccc(-c3cccc([N+](=O)[O-])c3)o2)cc1. The van der Waals surface area contributed by atoms with Gasteiger partial charge in [0.05, 0.1) is 21.7 Å². The maximum atomic E-state index is 13.0. The predicted molar refractivity (Wildman–Crippen MR) is 154 cm³/mol. The number of amides is 2. The molecule has 0 aliphatic rings. The molecule has 1 aromatic heterocycles. The van der Waals surface area contributed by atoms with E-state index in [9.17, 15) is 19.7 Å². The van der Waals surface area contributed by atoms with E-state index in [1.54, 1.807) is 48.5 Å². The molecule has 1 heterocycles. The number of carbonyl (C=O) groups is 2. The van der Waals surface area contributed by atoms with Crippen molar-refractivity contribution in [3.05, 3.63) is 123 Å². The average Bonchev–Trinajstić information content (AvgIpc) is 3.42. The summed E-state index contributed by atoms with van der Waals surface area (Å²) in [7, 11) is 3.83. The van der Waals surface area contributed by atoms with Crippen LogP contribution < -0.4 is 15.6 Å². The minimum atomic E-state index is -0.682. The van der Waals surface area contributed by atoms with Gasteiger partial charge in [-0.05, 0) is 48.0 Å². The number of rotatable bonds is 9. The van der Waals surface area contributed by atoms with E-state index >= 15 is 0 Å². The molecule has 0 aliphatic carbocycles. The molecule has 202 valence electrons. The molecule has 2 N–H and O–H groups in total. The Bertz CT molecular complexity index is 1610. The van der Waals surface area contributed by atoms with Crippen LogP contribution >= 0.6 is 11.6 Å². The molecule has 4 rings (SSSR count). The Hall–Kier alpha value is -5.22. The van der Waals surface area contributed by atoms with Crippen molar-refractivity contribution in [1.29, 1.82) is 0 Å². The van der Waals surface area contributed by atoms with Gasteiger partial charge in [0.2, 0.25) is 0 Å². The lowest BCUT2D eigenvalue weighted by atomic mass is 10.1. The molecule has 0 bridgehead atoms. The number of hydrazone groups is 1. The van der Waals surface area contributed by atoms with Gasteiger partial charge < -0.3 is 14.6 Å². The van der Waals surface area contributed by atoms with Crippen molar-refractivity contribution in [3.8, 4) is 11.3 Å². The Balaban J connectivity index is 1.52. The molecule has 0 radical (unpaired) electrons. The summed E-state index contributed by atoms with van der Waals surface area (Å²) in [4.78, 5) is 38.4.